The second-order valence-electron chi connectivity index (χ2n) is 2.03. The van der Waals surface area contributed by atoms with Gasteiger partial charge in [0.25, 0.3) is 0 Å². The van der Waals surface area contributed by atoms with Gasteiger partial charge in [0.05, 0.1) is 6.54 Å². The van der Waals surface area contributed by atoms with E-state index in [1.54, 1.807) is 5.32 Å². The van der Waals surface area contributed by atoms with Crippen molar-refractivity contribution in [2.24, 2.45) is 4.99 Å². The van der Waals surface area contributed by atoms with Crippen LogP contribution in [-0.4, -0.2) is 24.5 Å². The first-order valence-electron chi connectivity index (χ1n) is 2.91. The minimum Gasteiger partial charge on any atom is -0.307 e. The fourth-order valence-corrected chi connectivity index (χ4v) is 0.664. The lowest BCUT2D eigenvalue weighted by molar-refractivity contribution is -0.121. The number of rotatable bonds is 0. The summed E-state index contributed by atoms with van der Waals surface area (Å²) >= 11 is 0. The molecule has 62 valence electrons. The molecular weight excluding hydrogens is 161 g/mol. The molecule has 1 aliphatic rings. The fourth-order valence-electron chi connectivity index (χ4n) is 0.664. The zero-order valence-corrected chi connectivity index (χ0v) is 5.40. The van der Waals surface area contributed by atoms with E-state index in [0.29, 0.717) is 0 Å². The van der Waals surface area contributed by atoms with Crippen LogP contribution in [0.25, 0.3) is 0 Å². The quantitative estimate of drug-likeness (QED) is 0.558. The lowest BCUT2D eigenvalue weighted by Crippen LogP contribution is -2.43. The van der Waals surface area contributed by atoms with Gasteiger partial charge in [-0.2, -0.15) is 13.2 Å². The lowest BCUT2D eigenvalue weighted by Gasteiger charge is -2.14. The Morgan fingerprint density at radius 3 is 2.45 bits per heavy atom. The molecule has 1 amide bonds. The molecule has 1 N–H and O–H groups in total. The summed E-state index contributed by atoms with van der Waals surface area (Å²) in [5.41, 5.74) is 0. The minimum atomic E-state index is -4.53. The Kier molecular flexibility index (Phi) is 1.84. The third-order valence-corrected chi connectivity index (χ3v) is 1.14. The highest BCUT2D eigenvalue weighted by Gasteiger charge is 2.38. The van der Waals surface area contributed by atoms with Crippen LogP contribution >= 0.6 is 0 Å². The molecule has 0 aromatic heterocycles. The summed E-state index contributed by atoms with van der Waals surface area (Å²) in [6, 6.07) is 0. The number of hydrogen-bond acceptors (Lipinski definition) is 2. The predicted octanol–water partition coefficient (Wildman–Crippen LogP) is 0.467. The first-order chi connectivity index (χ1) is 5.00. The first kappa shape index (κ1) is 8.03. The van der Waals surface area contributed by atoms with Crippen LogP contribution < -0.4 is 5.32 Å². The van der Waals surface area contributed by atoms with E-state index in [-0.39, 0.29) is 13.0 Å². The Morgan fingerprint density at radius 2 is 2.09 bits per heavy atom. The van der Waals surface area contributed by atoms with Crippen LogP contribution in [0.15, 0.2) is 4.99 Å². The number of carbonyl (C=O) groups is 1. The van der Waals surface area contributed by atoms with Gasteiger partial charge in [-0.05, 0) is 0 Å². The molecule has 11 heavy (non-hydrogen) atoms. The number of nitrogens with one attached hydrogen (secondary N) is 1. The molecule has 0 spiro atoms. The summed E-state index contributed by atoms with van der Waals surface area (Å²) in [6.45, 7) is -0.0827. The van der Waals surface area contributed by atoms with E-state index >= 15 is 0 Å². The highest BCUT2D eigenvalue weighted by Crippen LogP contribution is 2.17. The standard InChI is InChI=1S/C5H5F3N2O/c6-5(7,8)4-9-2-1-3(11)10-4/h1-2H2,(H,9,10,11). The number of carbonyl (C=O) groups excluding carboxylic acids is 1. The molecule has 1 aliphatic heterocycles. The SMILES string of the molecule is O=C1CCN=C(C(F)(F)F)N1. The van der Waals surface area contributed by atoms with E-state index in [1.165, 1.54) is 0 Å². The zero-order chi connectivity index (χ0) is 8.48. The Balaban J connectivity index is 2.73. The summed E-state index contributed by atoms with van der Waals surface area (Å²) in [4.78, 5) is 13.5. The smallest absolute Gasteiger partial charge is 0.307 e. The van der Waals surface area contributed by atoms with Crippen molar-refractivity contribution in [2.75, 3.05) is 6.54 Å². The zero-order valence-electron chi connectivity index (χ0n) is 5.40. The first-order valence-corrected chi connectivity index (χ1v) is 2.91. The molecule has 0 saturated carbocycles. The molecule has 0 aromatic rings. The van der Waals surface area contributed by atoms with E-state index in [4.69, 9.17) is 0 Å². The van der Waals surface area contributed by atoms with E-state index < -0.39 is 17.9 Å². The van der Waals surface area contributed by atoms with Crippen molar-refractivity contribution < 1.29 is 18.0 Å². The maximum absolute atomic E-state index is 11.8. The van der Waals surface area contributed by atoms with Crippen molar-refractivity contribution in [2.45, 2.75) is 12.6 Å². The van der Waals surface area contributed by atoms with Gasteiger partial charge in [0.1, 0.15) is 0 Å². The summed E-state index contributed by atoms with van der Waals surface area (Å²) in [5.74, 6) is -1.82. The molecule has 0 radical (unpaired) electrons. The van der Waals surface area contributed by atoms with Crippen LogP contribution in [0.3, 0.4) is 0 Å². The highest BCUT2D eigenvalue weighted by molar-refractivity contribution is 6.02. The third-order valence-electron chi connectivity index (χ3n) is 1.14. The molecule has 0 aromatic carbocycles. The van der Waals surface area contributed by atoms with Gasteiger partial charge in [0, 0.05) is 6.42 Å². The monoisotopic (exact) mass is 166 g/mol. The van der Waals surface area contributed by atoms with Crippen LogP contribution in [0.1, 0.15) is 6.42 Å². The Labute approximate surface area is 60.3 Å². The molecule has 0 unspecified atom stereocenters. The molecular formula is C5H5F3N2O. The number of halogens is 3. The van der Waals surface area contributed by atoms with Gasteiger partial charge in [-0.25, -0.2) is 0 Å². The van der Waals surface area contributed by atoms with Gasteiger partial charge in [0.2, 0.25) is 11.7 Å². The van der Waals surface area contributed by atoms with Crippen LogP contribution in [0.5, 0.6) is 0 Å². The minimum absolute atomic E-state index is 0.0274. The predicted molar refractivity (Wildman–Crippen MR) is 31.1 cm³/mol. The van der Waals surface area contributed by atoms with Crippen molar-refractivity contribution in [3.63, 3.8) is 0 Å². The maximum atomic E-state index is 11.8. The molecule has 1 rings (SSSR count). The largest absolute Gasteiger partial charge is 0.449 e. The Bertz CT molecular complexity index is 208. The third kappa shape index (κ3) is 1.92. The van der Waals surface area contributed by atoms with Crippen LogP contribution in [0.2, 0.25) is 0 Å². The van der Waals surface area contributed by atoms with Crippen LogP contribution in [-0.2, 0) is 4.79 Å². The lowest BCUT2D eigenvalue weighted by atomic mass is 10.3. The van der Waals surface area contributed by atoms with E-state index in [9.17, 15) is 18.0 Å². The van der Waals surface area contributed by atoms with Gasteiger partial charge >= 0.3 is 6.18 Å². The molecule has 3 nitrogen and oxygen atoms in total. The molecule has 1 heterocycles. The normalized spacial score (nSPS) is 19.2. The van der Waals surface area contributed by atoms with Crippen LogP contribution in [0, 0.1) is 0 Å². The van der Waals surface area contributed by atoms with E-state index in [2.05, 4.69) is 4.99 Å². The van der Waals surface area contributed by atoms with Gasteiger partial charge in [-0.15, -0.1) is 0 Å². The topological polar surface area (TPSA) is 41.5 Å². The number of amidine groups is 1. The molecule has 0 atom stereocenters. The van der Waals surface area contributed by atoms with Crippen molar-refractivity contribution in [1.82, 2.24) is 5.32 Å². The molecule has 0 fully saturated rings. The van der Waals surface area contributed by atoms with Crippen molar-refractivity contribution in [3.8, 4) is 0 Å². The maximum Gasteiger partial charge on any atom is 0.449 e. The van der Waals surface area contributed by atoms with Crippen molar-refractivity contribution in [1.29, 1.82) is 0 Å². The summed E-state index contributed by atoms with van der Waals surface area (Å²) in [7, 11) is 0. The van der Waals surface area contributed by atoms with E-state index in [1.807, 2.05) is 0 Å². The summed E-state index contributed by atoms with van der Waals surface area (Å²) in [6.07, 6.45) is -4.50. The highest BCUT2D eigenvalue weighted by atomic mass is 19.4. The number of amides is 1. The summed E-state index contributed by atoms with van der Waals surface area (Å²) < 4.78 is 35.3. The van der Waals surface area contributed by atoms with Gasteiger partial charge in [0.15, 0.2) is 0 Å². The number of nitrogens with zero attached hydrogens (tertiary/aromatic N) is 1. The second kappa shape index (κ2) is 2.52. The number of hydrogen-bond donors (Lipinski definition) is 1. The van der Waals surface area contributed by atoms with Gasteiger partial charge in [-0.3, -0.25) is 9.79 Å². The Morgan fingerprint density at radius 1 is 1.45 bits per heavy atom. The molecule has 0 bridgehead atoms. The van der Waals surface area contributed by atoms with E-state index in [0.717, 1.165) is 0 Å². The fraction of sp³-hybridized carbons (Fsp3) is 0.600. The number of aliphatic imine (C=N–C) groups is 1. The van der Waals surface area contributed by atoms with Crippen molar-refractivity contribution >= 4 is 11.7 Å². The van der Waals surface area contributed by atoms with Crippen LogP contribution in [0.4, 0.5) is 13.2 Å². The molecule has 6 heteroatoms. The Hall–Kier alpha value is -1.07. The molecule has 0 saturated heterocycles. The molecule has 0 aliphatic carbocycles. The average molecular weight is 166 g/mol. The summed E-state index contributed by atoms with van der Waals surface area (Å²) in [5, 5.41) is 1.64. The average Bonchev–Trinajstić information content (AvgIpc) is 1.86. The second-order valence-corrected chi connectivity index (χ2v) is 2.03. The van der Waals surface area contributed by atoms with Gasteiger partial charge < -0.3 is 5.32 Å². The van der Waals surface area contributed by atoms with Gasteiger partial charge in [-0.1, -0.05) is 0 Å². The van der Waals surface area contributed by atoms with Crippen molar-refractivity contribution in [3.05, 3.63) is 0 Å². The number of alkyl halides is 3.